The maximum absolute atomic E-state index is 12.5. The van der Waals surface area contributed by atoms with Crippen LogP contribution in [0.4, 0.5) is 13.2 Å². The van der Waals surface area contributed by atoms with Crippen molar-refractivity contribution >= 4 is 34.5 Å². The van der Waals surface area contributed by atoms with Gasteiger partial charge in [0.2, 0.25) is 5.82 Å². The fraction of sp³-hybridized carbons (Fsp3) is 0.111. The molecule has 0 unspecified atom stereocenters. The van der Waals surface area contributed by atoms with E-state index in [2.05, 4.69) is 9.97 Å². The number of rotatable bonds is 1. The predicted octanol–water partition coefficient (Wildman–Crippen LogP) is 4.53. The summed E-state index contributed by atoms with van der Waals surface area (Å²) < 4.78 is 37.8. The van der Waals surface area contributed by atoms with Crippen LogP contribution in [0.15, 0.2) is 18.2 Å². The first-order valence-electron chi connectivity index (χ1n) is 4.24. The summed E-state index contributed by atoms with van der Waals surface area (Å²) in [4.78, 5) is 7.06. The summed E-state index contributed by atoms with van der Waals surface area (Å²) in [6, 6.07) is 4.41. The fourth-order valence-electron chi connectivity index (χ4n) is 1.12. The molecule has 0 aliphatic heterocycles. The number of nitrogens with zero attached hydrogens (tertiary/aromatic N) is 2. The highest BCUT2D eigenvalue weighted by Gasteiger charge is 2.35. The monoisotopic (exact) mass is 298 g/mol. The maximum atomic E-state index is 12.5. The molecule has 0 fully saturated rings. The lowest BCUT2D eigenvalue weighted by molar-refractivity contribution is -0.144. The van der Waals surface area contributed by atoms with Gasteiger partial charge in [0.25, 0.3) is 0 Å². The smallest absolute Gasteiger partial charge is 0.223 e. The Bertz CT molecular complexity index is 553. The van der Waals surface area contributed by atoms with Gasteiger partial charge in [-0.25, -0.2) is 9.97 Å². The Hall–Kier alpha value is -0.850. The largest absolute Gasteiger partial charge is 0.451 e. The number of hydrogen-bond donors (Lipinski definition) is 0. The van der Waals surface area contributed by atoms with Crippen molar-refractivity contribution in [2.75, 3.05) is 0 Å². The molecule has 2 aromatic rings. The van der Waals surface area contributed by atoms with Crippen LogP contribution >= 0.6 is 34.5 Å². The Kier molecular flexibility index (Phi) is 3.29. The average molecular weight is 299 g/mol. The molecule has 0 radical (unpaired) electrons. The zero-order valence-corrected chi connectivity index (χ0v) is 10.3. The minimum atomic E-state index is -4.62. The normalized spacial score (nSPS) is 11.8. The molecular formula is C9H3Cl2F3N2S. The van der Waals surface area contributed by atoms with Crippen molar-refractivity contribution in [2.24, 2.45) is 0 Å². The van der Waals surface area contributed by atoms with Gasteiger partial charge in [-0.1, -0.05) is 23.2 Å². The Morgan fingerprint density at radius 1 is 1.12 bits per heavy atom. The second-order valence-electron chi connectivity index (χ2n) is 3.00. The van der Waals surface area contributed by atoms with Crippen LogP contribution in [0.2, 0.25) is 9.49 Å². The summed E-state index contributed by atoms with van der Waals surface area (Å²) in [7, 11) is 0. The van der Waals surface area contributed by atoms with E-state index >= 15 is 0 Å². The van der Waals surface area contributed by atoms with Crippen molar-refractivity contribution in [1.29, 1.82) is 0 Å². The summed E-state index contributed by atoms with van der Waals surface area (Å²) in [6.07, 6.45) is -4.62. The lowest BCUT2D eigenvalue weighted by atomic mass is 10.3. The quantitative estimate of drug-likeness (QED) is 0.723. The van der Waals surface area contributed by atoms with Crippen molar-refractivity contribution in [3.05, 3.63) is 33.5 Å². The molecule has 0 saturated heterocycles. The van der Waals surface area contributed by atoms with Gasteiger partial charge in [0, 0.05) is 6.07 Å². The van der Waals surface area contributed by atoms with Crippen LogP contribution in [-0.4, -0.2) is 9.97 Å². The van der Waals surface area contributed by atoms with Crippen molar-refractivity contribution in [2.45, 2.75) is 6.18 Å². The molecule has 8 heteroatoms. The van der Waals surface area contributed by atoms with Gasteiger partial charge in [-0.3, -0.25) is 0 Å². The van der Waals surface area contributed by atoms with E-state index in [1.807, 2.05) is 0 Å². The van der Waals surface area contributed by atoms with Crippen molar-refractivity contribution in [1.82, 2.24) is 9.97 Å². The lowest BCUT2D eigenvalue weighted by Crippen LogP contribution is -2.11. The molecule has 0 amide bonds. The van der Waals surface area contributed by atoms with Crippen LogP contribution in [0.3, 0.4) is 0 Å². The summed E-state index contributed by atoms with van der Waals surface area (Å²) in [5.74, 6) is -1.26. The molecule has 0 spiro atoms. The topological polar surface area (TPSA) is 25.8 Å². The molecule has 0 saturated carbocycles. The van der Waals surface area contributed by atoms with Gasteiger partial charge in [0.1, 0.15) is 5.15 Å². The minimum absolute atomic E-state index is 0.106. The first-order chi connectivity index (χ1) is 7.86. The molecule has 2 nitrogen and oxygen atoms in total. The van der Waals surface area contributed by atoms with Crippen LogP contribution in [0, 0.1) is 0 Å². The number of alkyl halides is 3. The van der Waals surface area contributed by atoms with E-state index < -0.39 is 12.0 Å². The van der Waals surface area contributed by atoms with Crippen molar-refractivity contribution in [3.8, 4) is 10.6 Å². The number of halogens is 5. The van der Waals surface area contributed by atoms with Gasteiger partial charge in [-0.2, -0.15) is 13.2 Å². The number of aromatic nitrogens is 2. The minimum Gasteiger partial charge on any atom is -0.223 e. The Morgan fingerprint density at radius 2 is 1.82 bits per heavy atom. The van der Waals surface area contributed by atoms with Crippen LogP contribution in [-0.2, 0) is 6.18 Å². The fourth-order valence-corrected chi connectivity index (χ4v) is 2.31. The number of hydrogen-bond acceptors (Lipinski definition) is 3. The molecule has 2 rings (SSSR count). The Morgan fingerprint density at radius 3 is 2.35 bits per heavy atom. The van der Waals surface area contributed by atoms with Crippen LogP contribution < -0.4 is 0 Å². The lowest BCUT2D eigenvalue weighted by Gasteiger charge is -2.06. The maximum Gasteiger partial charge on any atom is 0.451 e. The third kappa shape index (κ3) is 2.88. The molecule has 0 bridgehead atoms. The first kappa shape index (κ1) is 12.6. The molecule has 90 valence electrons. The molecule has 0 atom stereocenters. The van der Waals surface area contributed by atoms with E-state index in [-0.39, 0.29) is 10.8 Å². The van der Waals surface area contributed by atoms with Crippen LogP contribution in [0.1, 0.15) is 5.82 Å². The Labute approximate surface area is 108 Å². The van der Waals surface area contributed by atoms with Crippen molar-refractivity contribution in [3.63, 3.8) is 0 Å². The van der Waals surface area contributed by atoms with Gasteiger partial charge in [-0.05, 0) is 12.1 Å². The highest BCUT2D eigenvalue weighted by molar-refractivity contribution is 7.19. The van der Waals surface area contributed by atoms with E-state index in [0.29, 0.717) is 9.21 Å². The van der Waals surface area contributed by atoms with Crippen LogP contribution in [0.25, 0.3) is 10.6 Å². The molecule has 0 aliphatic rings. The molecule has 0 N–H and O–H groups in total. The van der Waals surface area contributed by atoms with Crippen molar-refractivity contribution < 1.29 is 13.2 Å². The van der Waals surface area contributed by atoms with Gasteiger partial charge >= 0.3 is 6.18 Å². The van der Waals surface area contributed by atoms with E-state index in [1.165, 1.54) is 6.07 Å². The second kappa shape index (κ2) is 4.44. The molecule has 2 heterocycles. The third-order valence-corrected chi connectivity index (χ3v) is 3.22. The van der Waals surface area contributed by atoms with Gasteiger partial charge in [-0.15, -0.1) is 11.3 Å². The zero-order valence-electron chi connectivity index (χ0n) is 7.92. The van der Waals surface area contributed by atoms with E-state index in [1.54, 1.807) is 12.1 Å². The molecule has 0 aromatic carbocycles. The van der Waals surface area contributed by atoms with E-state index in [4.69, 9.17) is 23.2 Å². The number of thiophene rings is 1. The average Bonchev–Trinajstić information content (AvgIpc) is 2.62. The zero-order chi connectivity index (χ0) is 12.6. The molecule has 0 aliphatic carbocycles. The standard InChI is InChI=1S/C9H3Cl2F3N2S/c10-6-3-4(5-1-2-7(11)17-5)15-8(16-6)9(12,13)14/h1-3H. The van der Waals surface area contributed by atoms with Crippen LogP contribution in [0.5, 0.6) is 0 Å². The predicted molar refractivity (Wildman–Crippen MR) is 60.4 cm³/mol. The SMILES string of the molecule is FC(F)(F)c1nc(Cl)cc(-c2ccc(Cl)s2)n1. The van der Waals surface area contributed by atoms with E-state index in [9.17, 15) is 13.2 Å². The summed E-state index contributed by atoms with van der Waals surface area (Å²) in [5.41, 5.74) is 0.106. The molecule has 17 heavy (non-hydrogen) atoms. The molecular weight excluding hydrogens is 296 g/mol. The summed E-state index contributed by atoms with van der Waals surface area (Å²) in [5, 5.41) is -0.258. The highest BCUT2D eigenvalue weighted by Crippen LogP contribution is 2.33. The van der Waals surface area contributed by atoms with Gasteiger partial charge in [0.15, 0.2) is 0 Å². The summed E-state index contributed by atoms with van der Waals surface area (Å²) in [6.45, 7) is 0. The van der Waals surface area contributed by atoms with Gasteiger partial charge in [0.05, 0.1) is 14.9 Å². The second-order valence-corrected chi connectivity index (χ2v) is 5.10. The van der Waals surface area contributed by atoms with Gasteiger partial charge < -0.3 is 0 Å². The first-order valence-corrected chi connectivity index (χ1v) is 5.81. The van der Waals surface area contributed by atoms with E-state index in [0.717, 1.165) is 11.3 Å². The third-order valence-electron chi connectivity index (χ3n) is 1.77. The molecule has 2 aromatic heterocycles. The summed E-state index contributed by atoms with van der Waals surface area (Å²) >= 11 is 12.4. The Balaban J connectivity index is 2.52. The highest BCUT2D eigenvalue weighted by atomic mass is 35.5.